The SMILES string of the molecule is Cc1c(-c2ccccc2)c(N2CCC(N(C)C)C2)c2oc(N3CC(NC(=O)OC(C)(C)C)C3)nc2c1C#N. The van der Waals surface area contributed by atoms with E-state index in [1.165, 1.54) is 0 Å². The molecule has 0 radical (unpaired) electrons. The second-order valence-corrected chi connectivity index (χ2v) is 11.5. The van der Waals surface area contributed by atoms with Crippen LogP contribution in [-0.2, 0) is 4.74 Å². The van der Waals surface area contributed by atoms with Crippen molar-refractivity contribution in [2.24, 2.45) is 0 Å². The largest absolute Gasteiger partial charge is 0.444 e. The van der Waals surface area contributed by atoms with Crippen LogP contribution in [-0.4, -0.2) is 73.9 Å². The highest BCUT2D eigenvalue weighted by Crippen LogP contribution is 2.45. The predicted octanol–water partition coefficient (Wildman–Crippen LogP) is 4.53. The van der Waals surface area contributed by atoms with Gasteiger partial charge >= 0.3 is 6.09 Å². The van der Waals surface area contributed by atoms with Crippen LogP contribution in [0.2, 0.25) is 0 Å². The van der Waals surface area contributed by atoms with Crippen LogP contribution in [0.15, 0.2) is 34.7 Å². The summed E-state index contributed by atoms with van der Waals surface area (Å²) in [7, 11) is 4.23. The van der Waals surface area contributed by atoms with Crippen molar-refractivity contribution in [3.05, 3.63) is 41.5 Å². The molecule has 3 heterocycles. The average Bonchev–Trinajstić information content (AvgIpc) is 3.48. The first-order chi connectivity index (χ1) is 18.1. The summed E-state index contributed by atoms with van der Waals surface area (Å²) in [5, 5.41) is 13.1. The zero-order valence-corrected chi connectivity index (χ0v) is 23.0. The van der Waals surface area contributed by atoms with Gasteiger partial charge in [0.05, 0.1) is 17.3 Å². The molecule has 9 nitrogen and oxygen atoms in total. The maximum absolute atomic E-state index is 12.2. The van der Waals surface area contributed by atoms with Gasteiger partial charge in [0.2, 0.25) is 0 Å². The smallest absolute Gasteiger partial charge is 0.407 e. The number of hydrogen-bond donors (Lipinski definition) is 1. The highest BCUT2D eigenvalue weighted by atomic mass is 16.6. The molecule has 0 saturated carbocycles. The van der Waals surface area contributed by atoms with Crippen molar-refractivity contribution in [3.8, 4) is 17.2 Å². The number of likely N-dealkylation sites (N-methyl/N-ethyl adjacent to an activating group) is 1. The summed E-state index contributed by atoms with van der Waals surface area (Å²) in [6, 6.07) is 13.4. The zero-order chi connectivity index (χ0) is 27.2. The van der Waals surface area contributed by atoms with Gasteiger partial charge in [-0.05, 0) is 59.3 Å². The minimum absolute atomic E-state index is 0.0594. The summed E-state index contributed by atoms with van der Waals surface area (Å²) in [6.45, 7) is 10.4. The number of fused-ring (bicyclic) bond motifs is 1. The van der Waals surface area contributed by atoms with E-state index in [0.29, 0.717) is 41.8 Å². The molecule has 0 bridgehead atoms. The first kappa shape index (κ1) is 25.9. The van der Waals surface area contributed by atoms with Crippen molar-refractivity contribution in [1.82, 2.24) is 15.2 Å². The van der Waals surface area contributed by atoms with Gasteiger partial charge in [-0.2, -0.15) is 10.2 Å². The van der Waals surface area contributed by atoms with Gasteiger partial charge in [0.1, 0.15) is 17.2 Å². The van der Waals surface area contributed by atoms with Gasteiger partial charge in [0.15, 0.2) is 5.58 Å². The monoisotopic (exact) mass is 516 g/mol. The molecule has 3 aromatic rings. The van der Waals surface area contributed by atoms with Gasteiger partial charge in [0, 0.05) is 37.8 Å². The van der Waals surface area contributed by atoms with E-state index in [4.69, 9.17) is 14.1 Å². The van der Waals surface area contributed by atoms with E-state index < -0.39 is 11.7 Å². The number of ether oxygens (including phenoxy) is 1. The number of alkyl carbamates (subject to hydrolysis) is 1. The van der Waals surface area contributed by atoms with Crippen molar-refractivity contribution in [3.63, 3.8) is 0 Å². The van der Waals surface area contributed by atoms with Gasteiger partial charge in [0.25, 0.3) is 6.01 Å². The normalized spacial score (nSPS) is 18.1. The number of benzene rings is 2. The Hall–Kier alpha value is -3.77. The molecular formula is C29H36N6O3. The van der Waals surface area contributed by atoms with Crippen molar-refractivity contribution in [2.45, 2.75) is 51.8 Å². The number of oxazole rings is 1. The first-order valence-corrected chi connectivity index (χ1v) is 13.1. The second kappa shape index (κ2) is 9.84. The Morgan fingerprint density at radius 2 is 1.89 bits per heavy atom. The number of amides is 1. The zero-order valence-electron chi connectivity index (χ0n) is 23.0. The number of anilines is 2. The molecule has 5 rings (SSSR count). The Bertz CT molecular complexity index is 1380. The molecule has 2 aliphatic heterocycles. The van der Waals surface area contributed by atoms with E-state index in [9.17, 15) is 10.1 Å². The van der Waals surface area contributed by atoms with E-state index in [1.54, 1.807) is 0 Å². The van der Waals surface area contributed by atoms with Crippen LogP contribution < -0.4 is 15.1 Å². The number of carbonyl (C=O) groups excluding carboxylic acids is 1. The molecule has 1 atom stereocenters. The molecule has 1 unspecified atom stereocenters. The van der Waals surface area contributed by atoms with Crippen molar-refractivity contribution in [2.75, 3.05) is 50.1 Å². The fourth-order valence-electron chi connectivity index (χ4n) is 5.33. The molecule has 2 aromatic carbocycles. The Morgan fingerprint density at radius 1 is 1.18 bits per heavy atom. The number of nitrogens with one attached hydrogen (secondary N) is 1. The minimum atomic E-state index is -0.548. The maximum Gasteiger partial charge on any atom is 0.407 e. The van der Waals surface area contributed by atoms with Crippen molar-refractivity contribution >= 4 is 28.9 Å². The summed E-state index contributed by atoms with van der Waals surface area (Å²) in [5.74, 6) is 0. The van der Waals surface area contributed by atoms with Crippen LogP contribution in [0.3, 0.4) is 0 Å². The number of aromatic nitrogens is 1. The minimum Gasteiger partial charge on any atom is -0.444 e. The molecule has 0 aliphatic carbocycles. The lowest BCUT2D eigenvalue weighted by molar-refractivity contribution is 0.0495. The molecule has 2 aliphatic rings. The third kappa shape index (κ3) is 4.88. The lowest BCUT2D eigenvalue weighted by Crippen LogP contribution is -2.60. The Morgan fingerprint density at radius 3 is 2.50 bits per heavy atom. The van der Waals surface area contributed by atoms with E-state index in [1.807, 2.05) is 50.8 Å². The van der Waals surface area contributed by atoms with Gasteiger partial charge in [-0.15, -0.1) is 0 Å². The number of carbonyl (C=O) groups is 1. The van der Waals surface area contributed by atoms with E-state index >= 15 is 0 Å². The van der Waals surface area contributed by atoms with Gasteiger partial charge in [-0.25, -0.2) is 4.79 Å². The third-order valence-corrected chi connectivity index (χ3v) is 7.31. The molecular weight excluding hydrogens is 480 g/mol. The molecule has 2 saturated heterocycles. The Kier molecular flexibility index (Phi) is 6.70. The van der Waals surface area contributed by atoms with Crippen LogP contribution in [0.4, 0.5) is 16.5 Å². The average molecular weight is 517 g/mol. The number of rotatable bonds is 5. The van der Waals surface area contributed by atoms with Crippen LogP contribution in [0.1, 0.15) is 38.3 Å². The highest BCUT2D eigenvalue weighted by molar-refractivity contribution is 6.03. The van der Waals surface area contributed by atoms with E-state index in [0.717, 1.165) is 41.9 Å². The summed E-state index contributed by atoms with van der Waals surface area (Å²) >= 11 is 0. The molecule has 2 fully saturated rings. The molecule has 0 spiro atoms. The van der Waals surface area contributed by atoms with Gasteiger partial charge < -0.3 is 29.2 Å². The van der Waals surface area contributed by atoms with Crippen LogP contribution in [0.5, 0.6) is 0 Å². The molecule has 1 aromatic heterocycles. The maximum atomic E-state index is 12.2. The van der Waals surface area contributed by atoms with Gasteiger partial charge in [-0.3, -0.25) is 0 Å². The van der Waals surface area contributed by atoms with Gasteiger partial charge in [-0.1, -0.05) is 30.3 Å². The van der Waals surface area contributed by atoms with Crippen LogP contribution in [0.25, 0.3) is 22.2 Å². The lowest BCUT2D eigenvalue weighted by Gasteiger charge is -2.38. The molecule has 200 valence electrons. The Labute approximate surface area is 224 Å². The molecule has 9 heteroatoms. The van der Waals surface area contributed by atoms with E-state index in [-0.39, 0.29) is 6.04 Å². The molecule has 1 N–H and O–H groups in total. The predicted molar refractivity (Wildman–Crippen MR) is 149 cm³/mol. The molecule has 38 heavy (non-hydrogen) atoms. The number of hydrogen-bond acceptors (Lipinski definition) is 8. The second-order valence-electron chi connectivity index (χ2n) is 11.5. The summed E-state index contributed by atoms with van der Waals surface area (Å²) in [5.41, 5.74) is 5.19. The highest BCUT2D eigenvalue weighted by Gasteiger charge is 2.36. The fraction of sp³-hybridized carbons (Fsp3) is 0.483. The first-order valence-electron chi connectivity index (χ1n) is 13.1. The van der Waals surface area contributed by atoms with E-state index in [2.05, 4.69) is 47.4 Å². The Balaban J connectivity index is 1.52. The number of nitrogens with zero attached hydrogens (tertiary/aromatic N) is 5. The summed E-state index contributed by atoms with van der Waals surface area (Å²) in [6.07, 6.45) is 0.619. The molecule has 1 amide bonds. The van der Waals surface area contributed by atoms with Crippen molar-refractivity contribution < 1.29 is 13.9 Å². The topological polar surface area (TPSA) is 97.9 Å². The summed E-state index contributed by atoms with van der Waals surface area (Å²) in [4.78, 5) is 23.6. The standard InChI is InChI=1S/C29H36N6O3/c1-18-22(14-30)24-26(37-27(32-24)35-15-20(16-35)31-28(36)38-29(2,3)4)25(23(18)19-10-8-7-9-11-19)34-13-12-21(17-34)33(5)6/h7-11,20-21H,12-13,15-17H2,1-6H3,(H,31,36). The van der Waals surface area contributed by atoms with Crippen molar-refractivity contribution in [1.29, 1.82) is 5.26 Å². The quantitative estimate of drug-likeness (QED) is 0.528. The van der Waals surface area contributed by atoms with Crippen LogP contribution in [0, 0.1) is 18.3 Å². The van der Waals surface area contributed by atoms with Crippen LogP contribution >= 0.6 is 0 Å². The lowest BCUT2D eigenvalue weighted by atomic mass is 9.93. The third-order valence-electron chi connectivity index (χ3n) is 7.31. The summed E-state index contributed by atoms with van der Waals surface area (Å²) < 4.78 is 11.8. The fourth-order valence-corrected chi connectivity index (χ4v) is 5.33. The number of nitriles is 1.